The Balaban J connectivity index is 1.65. The molecule has 0 amide bonds. The second-order valence-corrected chi connectivity index (χ2v) is 5.30. The first-order valence-corrected chi connectivity index (χ1v) is 7.10. The number of ether oxygens (including phenoxy) is 3. The molecule has 1 unspecified atom stereocenters. The lowest BCUT2D eigenvalue weighted by molar-refractivity contribution is 0.220. The van der Waals surface area contributed by atoms with Crippen LogP contribution in [0.3, 0.4) is 0 Å². The highest BCUT2D eigenvalue weighted by Crippen LogP contribution is 2.29. The van der Waals surface area contributed by atoms with Gasteiger partial charge in [-0.2, -0.15) is 0 Å². The quantitative estimate of drug-likeness (QED) is 0.757. The molecule has 2 aromatic rings. The van der Waals surface area contributed by atoms with Crippen LogP contribution >= 0.6 is 15.9 Å². The number of aromatic nitrogens is 1. The molecule has 1 atom stereocenters. The molecule has 0 radical (unpaired) electrons. The zero-order valence-corrected chi connectivity index (χ0v) is 12.6. The van der Waals surface area contributed by atoms with Crippen LogP contribution in [0.4, 0.5) is 0 Å². The number of para-hydroxylation sites is 2. The second-order valence-electron chi connectivity index (χ2n) is 4.51. The van der Waals surface area contributed by atoms with Gasteiger partial charge in [0.2, 0.25) is 0 Å². The van der Waals surface area contributed by atoms with E-state index in [-0.39, 0.29) is 6.10 Å². The average Bonchev–Trinajstić information content (AvgIpc) is 3.24. The first-order valence-electron chi connectivity index (χ1n) is 6.31. The van der Waals surface area contributed by atoms with Gasteiger partial charge in [-0.1, -0.05) is 17.3 Å². The Morgan fingerprint density at radius 1 is 1.30 bits per heavy atom. The molecule has 1 aromatic carbocycles. The summed E-state index contributed by atoms with van der Waals surface area (Å²) in [5.41, 5.74) is 0.805. The Bertz CT molecular complexity index is 595. The minimum absolute atomic E-state index is 0.217. The minimum Gasteiger partial charge on any atom is -0.487 e. The first kappa shape index (κ1) is 13.5. The standard InChI is InChI=1S/C14H14BrNO4/c1-9-14(15)13(20-16-9)8-19-12-5-3-2-4-11(12)18-7-10-6-17-10/h2-5,10H,6-8H2,1H3. The monoisotopic (exact) mass is 339 g/mol. The van der Waals surface area contributed by atoms with Gasteiger partial charge in [0.15, 0.2) is 23.9 Å². The zero-order chi connectivity index (χ0) is 13.9. The minimum atomic E-state index is 0.217. The fraction of sp³-hybridized carbons (Fsp3) is 0.357. The Labute approximate surface area is 124 Å². The van der Waals surface area contributed by atoms with Crippen LogP contribution in [0.2, 0.25) is 0 Å². The fourth-order valence-electron chi connectivity index (χ4n) is 1.67. The van der Waals surface area contributed by atoms with Gasteiger partial charge in [-0.25, -0.2) is 0 Å². The number of rotatable bonds is 6. The van der Waals surface area contributed by atoms with Gasteiger partial charge in [0.05, 0.1) is 16.8 Å². The summed E-state index contributed by atoms with van der Waals surface area (Å²) in [4.78, 5) is 0. The topological polar surface area (TPSA) is 57.0 Å². The van der Waals surface area contributed by atoms with E-state index in [1.165, 1.54) is 0 Å². The number of halogens is 1. The number of epoxide rings is 1. The molecule has 2 heterocycles. The van der Waals surface area contributed by atoms with Crippen LogP contribution in [0.15, 0.2) is 33.3 Å². The van der Waals surface area contributed by atoms with Gasteiger partial charge in [0.25, 0.3) is 0 Å². The summed E-state index contributed by atoms with van der Waals surface area (Å²) < 4.78 is 22.6. The van der Waals surface area contributed by atoms with E-state index in [0.717, 1.165) is 16.8 Å². The van der Waals surface area contributed by atoms with Crippen LogP contribution in [0.5, 0.6) is 11.5 Å². The smallest absolute Gasteiger partial charge is 0.188 e. The number of hydrogen-bond acceptors (Lipinski definition) is 5. The Morgan fingerprint density at radius 2 is 2.00 bits per heavy atom. The van der Waals surface area contributed by atoms with Crippen molar-refractivity contribution in [1.29, 1.82) is 0 Å². The molecule has 1 saturated heterocycles. The molecule has 5 nitrogen and oxygen atoms in total. The molecular formula is C14H14BrNO4. The summed E-state index contributed by atoms with van der Waals surface area (Å²) in [6.45, 7) is 3.48. The van der Waals surface area contributed by atoms with Crippen LogP contribution < -0.4 is 9.47 Å². The number of hydrogen-bond donors (Lipinski definition) is 0. The molecule has 0 N–H and O–H groups in total. The molecule has 1 aromatic heterocycles. The van der Waals surface area contributed by atoms with Crippen LogP contribution in [-0.4, -0.2) is 24.5 Å². The van der Waals surface area contributed by atoms with Crippen molar-refractivity contribution in [3.05, 3.63) is 40.2 Å². The first-order chi connectivity index (χ1) is 9.74. The molecule has 0 aliphatic carbocycles. The predicted molar refractivity (Wildman–Crippen MR) is 74.9 cm³/mol. The van der Waals surface area contributed by atoms with Crippen molar-refractivity contribution in [2.75, 3.05) is 13.2 Å². The van der Waals surface area contributed by atoms with Crippen molar-refractivity contribution in [3.63, 3.8) is 0 Å². The molecule has 3 rings (SSSR count). The molecule has 20 heavy (non-hydrogen) atoms. The third-order valence-corrected chi connectivity index (χ3v) is 3.91. The molecule has 1 aliphatic heterocycles. The number of aryl methyl sites for hydroxylation is 1. The normalized spacial score (nSPS) is 17.0. The fourth-order valence-corrected chi connectivity index (χ4v) is 1.93. The number of benzene rings is 1. The summed E-state index contributed by atoms with van der Waals surface area (Å²) in [5.74, 6) is 2.03. The van der Waals surface area contributed by atoms with Crippen LogP contribution in [0, 0.1) is 6.92 Å². The van der Waals surface area contributed by atoms with Crippen molar-refractivity contribution in [1.82, 2.24) is 5.16 Å². The molecule has 1 aliphatic rings. The van der Waals surface area contributed by atoms with Crippen molar-refractivity contribution in [2.45, 2.75) is 19.6 Å². The highest BCUT2D eigenvalue weighted by Gasteiger charge is 2.23. The van der Waals surface area contributed by atoms with Gasteiger partial charge in [-0.3, -0.25) is 0 Å². The summed E-state index contributed by atoms with van der Waals surface area (Å²) in [6.07, 6.45) is 0.217. The van der Waals surface area contributed by atoms with Crippen LogP contribution in [0.1, 0.15) is 11.5 Å². The molecule has 0 saturated carbocycles. The molecule has 0 spiro atoms. The third kappa shape index (κ3) is 3.13. The maximum atomic E-state index is 5.74. The molecule has 106 valence electrons. The van der Waals surface area contributed by atoms with E-state index in [1.807, 2.05) is 31.2 Å². The van der Waals surface area contributed by atoms with Crippen LogP contribution in [-0.2, 0) is 11.3 Å². The van der Waals surface area contributed by atoms with E-state index in [9.17, 15) is 0 Å². The average molecular weight is 340 g/mol. The molecular weight excluding hydrogens is 326 g/mol. The van der Waals surface area contributed by atoms with Gasteiger partial charge >= 0.3 is 0 Å². The van der Waals surface area contributed by atoms with E-state index < -0.39 is 0 Å². The van der Waals surface area contributed by atoms with Crippen molar-refractivity contribution in [3.8, 4) is 11.5 Å². The van der Waals surface area contributed by atoms with Gasteiger partial charge < -0.3 is 18.7 Å². The SMILES string of the molecule is Cc1noc(COc2ccccc2OCC2CO2)c1Br. The van der Waals surface area contributed by atoms with E-state index in [0.29, 0.717) is 30.5 Å². The van der Waals surface area contributed by atoms with Crippen molar-refractivity contribution < 1.29 is 18.7 Å². The lowest BCUT2D eigenvalue weighted by atomic mass is 10.3. The Morgan fingerprint density at radius 3 is 2.60 bits per heavy atom. The largest absolute Gasteiger partial charge is 0.487 e. The lowest BCUT2D eigenvalue weighted by Gasteiger charge is -2.11. The Kier molecular flexibility index (Phi) is 3.93. The summed E-state index contributed by atoms with van der Waals surface area (Å²) >= 11 is 3.42. The highest BCUT2D eigenvalue weighted by molar-refractivity contribution is 9.10. The van der Waals surface area contributed by atoms with Gasteiger partial charge in [0.1, 0.15) is 12.7 Å². The maximum absolute atomic E-state index is 5.74. The van der Waals surface area contributed by atoms with Crippen molar-refractivity contribution >= 4 is 15.9 Å². The summed E-state index contributed by atoms with van der Waals surface area (Å²) in [5, 5.41) is 3.87. The predicted octanol–water partition coefficient (Wildman–Crippen LogP) is 3.10. The lowest BCUT2D eigenvalue weighted by Crippen LogP contribution is -2.05. The molecule has 6 heteroatoms. The van der Waals surface area contributed by atoms with E-state index in [1.54, 1.807) is 0 Å². The van der Waals surface area contributed by atoms with Gasteiger partial charge in [-0.15, -0.1) is 0 Å². The second kappa shape index (κ2) is 5.85. The maximum Gasteiger partial charge on any atom is 0.188 e. The zero-order valence-electron chi connectivity index (χ0n) is 11.0. The summed E-state index contributed by atoms with van der Waals surface area (Å²) in [7, 11) is 0. The molecule has 1 fully saturated rings. The summed E-state index contributed by atoms with van der Waals surface area (Å²) in [6, 6.07) is 7.54. The van der Waals surface area contributed by atoms with Gasteiger partial charge in [-0.05, 0) is 35.0 Å². The number of nitrogens with zero attached hydrogens (tertiary/aromatic N) is 1. The molecule has 0 bridgehead atoms. The highest BCUT2D eigenvalue weighted by atomic mass is 79.9. The van der Waals surface area contributed by atoms with Gasteiger partial charge in [0, 0.05) is 0 Å². The van der Waals surface area contributed by atoms with Crippen molar-refractivity contribution in [2.24, 2.45) is 0 Å². The third-order valence-electron chi connectivity index (χ3n) is 2.89. The van der Waals surface area contributed by atoms with E-state index in [4.69, 9.17) is 18.7 Å². The Hall–Kier alpha value is -1.53. The van der Waals surface area contributed by atoms with E-state index in [2.05, 4.69) is 21.1 Å². The van der Waals surface area contributed by atoms with E-state index >= 15 is 0 Å². The van der Waals surface area contributed by atoms with Crippen LogP contribution in [0.25, 0.3) is 0 Å².